The van der Waals surface area contributed by atoms with Crippen LogP contribution in [0.25, 0.3) is 33.3 Å². The summed E-state index contributed by atoms with van der Waals surface area (Å²) >= 11 is 0. The number of methoxy groups -OCH3 is 1. The number of ether oxygens (including phenoxy) is 2. The SMILES string of the molecule is CCn1c(-c2cnccc2COC)c(CC(C)(C)COC(=O)[C@@H]2CCCNN2)c2cc(-c3cc(O)cc(CC(CNC(=O)[C@H](C(C)C)N(C)C(=O)[C@H]4CCN(C(=O)CN5CCCC5)C4)C(C)=O)c3)ccc21. The van der Waals surface area contributed by atoms with Gasteiger partial charge in [0, 0.05) is 87.1 Å². The van der Waals surface area contributed by atoms with E-state index in [2.05, 4.69) is 63.5 Å². The minimum absolute atomic E-state index is 0.0457. The summed E-state index contributed by atoms with van der Waals surface area (Å²) in [6, 6.07) is 12.4. The number of hydrogen-bond donors (Lipinski definition) is 4. The fourth-order valence-electron chi connectivity index (χ4n) is 10.8. The summed E-state index contributed by atoms with van der Waals surface area (Å²) in [6.45, 7) is 16.9. The number of phenolic OH excluding ortho intramolecular Hbond substituents is 1. The molecular formula is C55H76N8O8. The minimum Gasteiger partial charge on any atom is -0.508 e. The van der Waals surface area contributed by atoms with E-state index in [1.54, 1.807) is 37.4 Å². The first-order valence-corrected chi connectivity index (χ1v) is 25.6. The molecule has 4 N–H and O–H groups in total. The zero-order valence-electron chi connectivity index (χ0n) is 43.1. The maximum Gasteiger partial charge on any atom is 0.324 e. The second-order valence-electron chi connectivity index (χ2n) is 21.1. The van der Waals surface area contributed by atoms with Crippen LogP contribution in [0.3, 0.4) is 0 Å². The van der Waals surface area contributed by atoms with E-state index >= 15 is 0 Å². The average molecular weight is 977 g/mol. The number of phenols is 1. The number of likely N-dealkylation sites (tertiary alicyclic amines) is 2. The highest BCUT2D eigenvalue weighted by atomic mass is 16.5. The Bertz CT molecular complexity index is 2540. The third-order valence-corrected chi connectivity index (χ3v) is 14.6. The van der Waals surface area contributed by atoms with Crippen LogP contribution in [0.1, 0.15) is 90.3 Å². The molecule has 0 saturated carbocycles. The lowest BCUT2D eigenvalue weighted by Crippen LogP contribution is -2.53. The van der Waals surface area contributed by atoms with Crippen molar-refractivity contribution in [3.63, 3.8) is 0 Å². The Balaban J connectivity index is 1.10. The van der Waals surface area contributed by atoms with Crippen LogP contribution in [0.2, 0.25) is 0 Å². The number of benzene rings is 2. The molecule has 0 aliphatic carbocycles. The Hall–Kier alpha value is -5.68. The van der Waals surface area contributed by atoms with Crippen LogP contribution in [0, 0.1) is 23.2 Å². The predicted molar refractivity (Wildman–Crippen MR) is 274 cm³/mol. The summed E-state index contributed by atoms with van der Waals surface area (Å²) in [7, 11) is 3.33. The highest BCUT2D eigenvalue weighted by Crippen LogP contribution is 2.41. The highest BCUT2D eigenvalue weighted by molar-refractivity contribution is 5.95. The Morgan fingerprint density at radius 1 is 1.00 bits per heavy atom. The van der Waals surface area contributed by atoms with Crippen LogP contribution < -0.4 is 16.2 Å². The molecule has 1 unspecified atom stereocenters. The Kier molecular flexibility index (Phi) is 17.7. The highest BCUT2D eigenvalue weighted by Gasteiger charge is 2.38. The number of nitrogens with one attached hydrogen (secondary N) is 3. The van der Waals surface area contributed by atoms with E-state index in [4.69, 9.17) is 9.47 Å². The molecule has 16 nitrogen and oxygen atoms in total. The number of aromatic nitrogens is 2. The van der Waals surface area contributed by atoms with Gasteiger partial charge in [-0.3, -0.25) is 39.3 Å². The number of carbonyl (C=O) groups is 5. The smallest absolute Gasteiger partial charge is 0.324 e. The molecule has 4 atom stereocenters. The zero-order chi connectivity index (χ0) is 51.0. The van der Waals surface area contributed by atoms with Gasteiger partial charge in [0.1, 0.15) is 23.6 Å². The molecule has 16 heteroatoms. The summed E-state index contributed by atoms with van der Waals surface area (Å²) < 4.78 is 13.9. The fourth-order valence-corrected chi connectivity index (χ4v) is 10.8. The number of likely N-dealkylation sites (N-methyl/N-ethyl adjacent to an activating group) is 1. The number of rotatable bonds is 21. The second kappa shape index (κ2) is 23.7. The van der Waals surface area contributed by atoms with E-state index in [-0.39, 0.29) is 66.6 Å². The third kappa shape index (κ3) is 12.9. The van der Waals surface area contributed by atoms with Gasteiger partial charge in [-0.15, -0.1) is 0 Å². The summed E-state index contributed by atoms with van der Waals surface area (Å²) in [6.07, 6.45) is 8.82. The van der Waals surface area contributed by atoms with Gasteiger partial charge in [0.05, 0.1) is 31.4 Å². The molecule has 384 valence electrons. The third-order valence-electron chi connectivity index (χ3n) is 14.6. The maximum absolute atomic E-state index is 14.0. The molecule has 0 radical (unpaired) electrons. The molecule has 3 aliphatic rings. The quantitative estimate of drug-likeness (QED) is 0.0726. The summed E-state index contributed by atoms with van der Waals surface area (Å²) in [5, 5.41) is 15.2. The van der Waals surface area contributed by atoms with Gasteiger partial charge in [-0.25, -0.2) is 5.43 Å². The molecular weight excluding hydrogens is 901 g/mol. The Labute approximate surface area is 419 Å². The number of nitrogens with zero attached hydrogens (tertiary/aromatic N) is 5. The molecule has 5 heterocycles. The second-order valence-corrected chi connectivity index (χ2v) is 21.1. The number of carbonyl (C=O) groups excluding carboxylic acids is 5. The van der Waals surface area contributed by atoms with Gasteiger partial charge < -0.3 is 34.3 Å². The van der Waals surface area contributed by atoms with E-state index in [0.717, 1.165) is 88.9 Å². The van der Waals surface area contributed by atoms with Gasteiger partial charge in [-0.05, 0) is 136 Å². The lowest BCUT2D eigenvalue weighted by Gasteiger charge is -2.32. The van der Waals surface area contributed by atoms with Crippen molar-refractivity contribution in [1.29, 1.82) is 0 Å². The Morgan fingerprint density at radius 2 is 1.77 bits per heavy atom. The molecule has 0 bridgehead atoms. The van der Waals surface area contributed by atoms with Crippen molar-refractivity contribution >= 4 is 40.4 Å². The first kappa shape index (κ1) is 53.1. The standard InChI is InChI=1S/C55H76N8O8/c1-9-63-48-15-14-38(27-44(48)45(51(63)46-30-56-19-16-40(46)33-70-8)28-55(5,6)34-71-54(69)47-13-12-18-58-59-47)41-23-37(25-43(65)26-41)24-42(36(4)64)29-57-52(67)50(35(2)3)60(7)53(68)39-17-22-62(31-39)49(66)32-61-20-10-11-21-61/h14-16,19,23,25-27,30,35,39,42,47,50,58-59,65H,9-13,17-18,20-22,24,28-29,31-34H2,1-8H3,(H,57,67)/t39-,42?,47-,50-/m0/s1. The maximum atomic E-state index is 14.0. The van der Waals surface area contributed by atoms with E-state index in [1.165, 1.54) is 11.8 Å². The molecule has 0 spiro atoms. The van der Waals surface area contributed by atoms with Crippen LogP contribution in [0.4, 0.5) is 0 Å². The van der Waals surface area contributed by atoms with Gasteiger partial charge in [-0.2, -0.15) is 0 Å². The monoisotopic (exact) mass is 977 g/mol. The molecule has 7 rings (SSSR count). The predicted octanol–water partition coefficient (Wildman–Crippen LogP) is 5.90. The van der Waals surface area contributed by atoms with Crippen molar-refractivity contribution in [2.75, 3.05) is 66.6 Å². The number of aromatic hydroxyl groups is 1. The van der Waals surface area contributed by atoms with E-state index in [9.17, 15) is 29.1 Å². The van der Waals surface area contributed by atoms with Crippen LogP contribution >= 0.6 is 0 Å². The van der Waals surface area contributed by atoms with E-state index < -0.39 is 23.4 Å². The molecule has 2 aromatic heterocycles. The number of amides is 3. The van der Waals surface area contributed by atoms with E-state index in [0.29, 0.717) is 52.0 Å². The number of ketones is 1. The molecule has 2 aromatic carbocycles. The van der Waals surface area contributed by atoms with Gasteiger partial charge in [0.2, 0.25) is 17.7 Å². The molecule has 4 aromatic rings. The molecule has 3 amide bonds. The van der Waals surface area contributed by atoms with Crippen LogP contribution in [0.5, 0.6) is 5.75 Å². The van der Waals surface area contributed by atoms with Crippen LogP contribution in [-0.4, -0.2) is 137 Å². The Morgan fingerprint density at radius 3 is 2.46 bits per heavy atom. The van der Waals surface area contributed by atoms with Gasteiger partial charge in [0.25, 0.3) is 0 Å². The molecule has 3 saturated heterocycles. The number of Topliss-reactive ketones (excluding diaryl/α,β-unsaturated/α-hetero) is 1. The van der Waals surface area contributed by atoms with Gasteiger partial charge in [0.15, 0.2) is 0 Å². The van der Waals surface area contributed by atoms with Crippen molar-refractivity contribution in [2.45, 2.75) is 112 Å². The molecule has 3 fully saturated rings. The van der Waals surface area contributed by atoms with Crippen molar-refractivity contribution in [3.8, 4) is 28.1 Å². The zero-order valence-corrected chi connectivity index (χ0v) is 43.1. The first-order chi connectivity index (χ1) is 34.0. The minimum atomic E-state index is -0.776. The van der Waals surface area contributed by atoms with Crippen molar-refractivity contribution in [3.05, 3.63) is 71.5 Å². The average Bonchev–Trinajstić information content (AvgIpc) is 4.12. The number of pyridine rings is 1. The van der Waals surface area contributed by atoms with Gasteiger partial charge >= 0.3 is 5.97 Å². The summed E-state index contributed by atoms with van der Waals surface area (Å²) in [4.78, 5) is 77.3. The van der Waals surface area contributed by atoms with Crippen molar-refractivity contribution in [2.24, 2.45) is 23.2 Å². The van der Waals surface area contributed by atoms with Crippen LogP contribution in [0.15, 0.2) is 54.9 Å². The molecule has 71 heavy (non-hydrogen) atoms. The van der Waals surface area contributed by atoms with Crippen LogP contribution in [-0.2, 0) is 59.4 Å². The number of aryl methyl sites for hydroxylation is 1. The fraction of sp³-hybridized carbons (Fsp3) is 0.564. The molecule has 3 aliphatic heterocycles. The first-order valence-electron chi connectivity index (χ1n) is 25.6. The lowest BCUT2D eigenvalue weighted by atomic mass is 9.84. The largest absolute Gasteiger partial charge is 0.508 e. The van der Waals surface area contributed by atoms with Gasteiger partial charge in [-0.1, -0.05) is 39.8 Å². The number of hydrazine groups is 1. The van der Waals surface area contributed by atoms with Crippen molar-refractivity contribution < 1.29 is 38.6 Å². The number of esters is 1. The number of hydrogen-bond acceptors (Lipinski definition) is 12. The summed E-state index contributed by atoms with van der Waals surface area (Å²) in [5.41, 5.74) is 13.1. The summed E-state index contributed by atoms with van der Waals surface area (Å²) in [5.74, 6) is -2.02. The van der Waals surface area contributed by atoms with E-state index in [1.807, 2.05) is 38.2 Å². The normalized spacial score (nSPS) is 18.5. The van der Waals surface area contributed by atoms with Crippen molar-refractivity contribution in [1.82, 2.24) is 40.4 Å². The topological polar surface area (TPSA) is 188 Å². The number of fused-ring (bicyclic) bond motifs is 1. The lowest BCUT2D eigenvalue weighted by molar-refractivity contribution is -0.150.